The van der Waals surface area contributed by atoms with Gasteiger partial charge in [-0.1, -0.05) is 28.1 Å². The predicted molar refractivity (Wildman–Crippen MR) is 76.8 cm³/mol. The highest BCUT2D eigenvalue weighted by molar-refractivity contribution is 9.10. The summed E-state index contributed by atoms with van der Waals surface area (Å²) < 4.78 is 11.5. The number of ether oxygens (including phenoxy) is 2. The van der Waals surface area contributed by atoms with Crippen molar-refractivity contribution in [3.63, 3.8) is 0 Å². The first-order valence-electron chi connectivity index (χ1n) is 5.73. The highest BCUT2D eigenvalue weighted by Gasteiger charge is 2.14. The highest BCUT2D eigenvalue weighted by atomic mass is 79.9. The number of benzene rings is 2. The number of methoxy groups -OCH3 is 1. The number of rotatable bonds is 3. The van der Waals surface area contributed by atoms with Crippen LogP contribution in [0.25, 0.3) is 0 Å². The molecule has 0 saturated heterocycles. The van der Waals surface area contributed by atoms with Gasteiger partial charge in [0.05, 0.1) is 7.11 Å². The van der Waals surface area contributed by atoms with E-state index in [1.165, 1.54) is 7.11 Å². The molecule has 0 bridgehead atoms. The fraction of sp³-hybridized carbons (Fsp3) is 0.133. The van der Waals surface area contributed by atoms with Gasteiger partial charge in [-0.2, -0.15) is 0 Å². The van der Waals surface area contributed by atoms with Crippen LogP contribution in [0.5, 0.6) is 11.5 Å². The smallest absolute Gasteiger partial charge is 0.347 e. The maximum atomic E-state index is 12.1. The third-order valence-corrected chi connectivity index (χ3v) is 3.56. The van der Waals surface area contributed by atoms with Crippen molar-refractivity contribution in [2.45, 2.75) is 6.92 Å². The van der Waals surface area contributed by atoms with Crippen molar-refractivity contribution in [1.29, 1.82) is 0 Å². The minimum atomic E-state index is -0.431. The van der Waals surface area contributed by atoms with Crippen LogP contribution in [0.2, 0.25) is 0 Å². The van der Waals surface area contributed by atoms with Crippen LogP contribution in [-0.4, -0.2) is 13.1 Å². The number of esters is 1. The maximum Gasteiger partial charge on any atom is 0.347 e. The van der Waals surface area contributed by atoms with Crippen molar-refractivity contribution in [3.05, 3.63) is 58.1 Å². The van der Waals surface area contributed by atoms with Gasteiger partial charge in [0.2, 0.25) is 0 Å². The lowest BCUT2D eigenvalue weighted by Gasteiger charge is -2.09. The Balaban J connectivity index is 2.23. The molecule has 19 heavy (non-hydrogen) atoms. The zero-order valence-corrected chi connectivity index (χ0v) is 12.2. The molecule has 0 unspecified atom stereocenters. The maximum absolute atomic E-state index is 12.1. The Labute approximate surface area is 120 Å². The van der Waals surface area contributed by atoms with Crippen LogP contribution in [0.1, 0.15) is 15.9 Å². The first-order chi connectivity index (χ1) is 9.11. The van der Waals surface area contributed by atoms with Crippen LogP contribution in [0.3, 0.4) is 0 Å². The van der Waals surface area contributed by atoms with Crippen LogP contribution < -0.4 is 9.47 Å². The number of aryl methyl sites for hydroxylation is 1. The Hall–Kier alpha value is -1.81. The summed E-state index contributed by atoms with van der Waals surface area (Å²) in [4.78, 5) is 12.1. The number of carbonyl (C=O) groups is 1. The van der Waals surface area contributed by atoms with Gasteiger partial charge in [-0.15, -0.1) is 0 Å². The predicted octanol–water partition coefficient (Wildman–Crippen LogP) is 3.99. The molecule has 0 aliphatic rings. The average Bonchev–Trinajstić information content (AvgIpc) is 2.43. The van der Waals surface area contributed by atoms with Crippen molar-refractivity contribution >= 4 is 21.9 Å². The molecule has 0 aliphatic carbocycles. The van der Waals surface area contributed by atoms with Gasteiger partial charge in [0.1, 0.15) is 17.1 Å². The summed E-state index contributed by atoms with van der Waals surface area (Å²) in [5, 5.41) is 0. The molecular weight excluding hydrogens is 308 g/mol. The van der Waals surface area contributed by atoms with Crippen molar-refractivity contribution in [1.82, 2.24) is 0 Å². The summed E-state index contributed by atoms with van der Waals surface area (Å²) in [5.74, 6) is 0.581. The minimum Gasteiger partial charge on any atom is -0.496 e. The number of halogens is 1. The van der Waals surface area contributed by atoms with E-state index in [-0.39, 0.29) is 0 Å². The van der Waals surface area contributed by atoms with E-state index in [1.54, 1.807) is 36.4 Å². The van der Waals surface area contributed by atoms with Gasteiger partial charge >= 0.3 is 5.97 Å². The van der Waals surface area contributed by atoms with Gasteiger partial charge < -0.3 is 9.47 Å². The molecule has 4 heteroatoms. The van der Waals surface area contributed by atoms with Crippen molar-refractivity contribution < 1.29 is 14.3 Å². The summed E-state index contributed by atoms with van der Waals surface area (Å²) >= 11 is 3.40. The molecule has 2 aromatic carbocycles. The lowest BCUT2D eigenvalue weighted by molar-refractivity contribution is 0.0731. The van der Waals surface area contributed by atoms with Gasteiger partial charge in [-0.3, -0.25) is 0 Å². The van der Waals surface area contributed by atoms with Crippen LogP contribution >= 0.6 is 15.9 Å². The molecule has 2 rings (SSSR count). The second-order valence-corrected chi connectivity index (χ2v) is 4.86. The summed E-state index contributed by atoms with van der Waals surface area (Å²) in [7, 11) is 1.52. The van der Waals surface area contributed by atoms with Crippen LogP contribution in [0, 0.1) is 6.92 Å². The quantitative estimate of drug-likeness (QED) is 0.633. The molecule has 3 nitrogen and oxygen atoms in total. The zero-order valence-electron chi connectivity index (χ0n) is 10.6. The van der Waals surface area contributed by atoms with E-state index in [1.807, 2.05) is 13.0 Å². The first kappa shape index (κ1) is 13.6. The molecule has 2 aromatic rings. The lowest BCUT2D eigenvalue weighted by Crippen LogP contribution is -2.10. The second kappa shape index (κ2) is 5.89. The third kappa shape index (κ3) is 3.15. The molecule has 0 amide bonds. The topological polar surface area (TPSA) is 35.5 Å². The summed E-state index contributed by atoms with van der Waals surface area (Å²) in [6.07, 6.45) is 0. The van der Waals surface area contributed by atoms with Crippen molar-refractivity contribution in [2.75, 3.05) is 7.11 Å². The fourth-order valence-electron chi connectivity index (χ4n) is 1.66. The second-order valence-electron chi connectivity index (χ2n) is 4.00. The van der Waals surface area contributed by atoms with E-state index in [0.717, 1.165) is 10.0 Å². The van der Waals surface area contributed by atoms with Crippen LogP contribution in [0.4, 0.5) is 0 Å². The number of para-hydroxylation sites is 1. The minimum absolute atomic E-state index is 0.408. The molecule has 0 radical (unpaired) electrons. The largest absolute Gasteiger partial charge is 0.496 e. The molecule has 0 atom stereocenters. The van der Waals surface area contributed by atoms with E-state index in [2.05, 4.69) is 15.9 Å². The summed E-state index contributed by atoms with van der Waals surface area (Å²) in [6.45, 7) is 1.94. The molecular formula is C15H13BrO3. The highest BCUT2D eigenvalue weighted by Crippen LogP contribution is 2.24. The van der Waals surface area contributed by atoms with Gasteiger partial charge in [0.25, 0.3) is 0 Å². The standard InChI is InChI=1S/C15H13BrO3/c1-10-9-11(7-8-13(10)16)19-15(17)12-5-3-4-6-14(12)18-2/h3-9H,1-2H3. The van der Waals surface area contributed by atoms with Crippen molar-refractivity contribution in [3.8, 4) is 11.5 Å². The fourth-order valence-corrected chi connectivity index (χ4v) is 1.90. The van der Waals surface area contributed by atoms with Crippen LogP contribution in [-0.2, 0) is 0 Å². The molecule has 0 fully saturated rings. The Morgan fingerprint density at radius 3 is 2.58 bits per heavy atom. The Kier molecular flexibility index (Phi) is 4.22. The number of hydrogen-bond donors (Lipinski definition) is 0. The molecule has 0 heterocycles. The van der Waals surface area contributed by atoms with E-state index in [9.17, 15) is 4.79 Å². The molecule has 0 N–H and O–H groups in total. The molecule has 0 aliphatic heterocycles. The SMILES string of the molecule is COc1ccccc1C(=O)Oc1ccc(Br)c(C)c1. The molecule has 0 saturated carbocycles. The van der Waals surface area contributed by atoms with Gasteiger partial charge in [0, 0.05) is 4.47 Å². The van der Waals surface area contributed by atoms with Crippen molar-refractivity contribution in [2.24, 2.45) is 0 Å². The summed E-state index contributed by atoms with van der Waals surface area (Å²) in [6, 6.07) is 12.4. The monoisotopic (exact) mass is 320 g/mol. The zero-order chi connectivity index (χ0) is 13.8. The average molecular weight is 321 g/mol. The van der Waals surface area contributed by atoms with E-state index < -0.39 is 5.97 Å². The molecule has 0 spiro atoms. The number of carbonyl (C=O) groups excluding carboxylic acids is 1. The first-order valence-corrected chi connectivity index (χ1v) is 6.52. The van der Waals surface area contributed by atoms with Crippen LogP contribution in [0.15, 0.2) is 46.9 Å². The van der Waals surface area contributed by atoms with Gasteiger partial charge in [-0.25, -0.2) is 4.79 Å². The lowest BCUT2D eigenvalue weighted by atomic mass is 10.2. The van der Waals surface area contributed by atoms with Gasteiger partial charge in [-0.05, 0) is 42.8 Å². The van der Waals surface area contributed by atoms with E-state index >= 15 is 0 Å². The van der Waals surface area contributed by atoms with E-state index in [0.29, 0.717) is 17.1 Å². The molecule has 0 aromatic heterocycles. The Morgan fingerprint density at radius 1 is 1.16 bits per heavy atom. The van der Waals surface area contributed by atoms with E-state index in [4.69, 9.17) is 9.47 Å². The summed E-state index contributed by atoms with van der Waals surface area (Å²) in [5.41, 5.74) is 1.41. The molecule has 98 valence electrons. The Bertz CT molecular complexity index is 608. The third-order valence-electron chi connectivity index (χ3n) is 2.67. The Morgan fingerprint density at radius 2 is 1.89 bits per heavy atom. The number of hydrogen-bond acceptors (Lipinski definition) is 3. The normalized spacial score (nSPS) is 10.1. The van der Waals surface area contributed by atoms with Gasteiger partial charge in [0.15, 0.2) is 0 Å².